The van der Waals surface area contributed by atoms with Crippen molar-refractivity contribution in [3.8, 4) is 0 Å². The van der Waals surface area contributed by atoms with Gasteiger partial charge in [0.25, 0.3) is 0 Å². The van der Waals surface area contributed by atoms with Crippen molar-refractivity contribution in [2.75, 3.05) is 7.05 Å². The van der Waals surface area contributed by atoms with Gasteiger partial charge in [0.1, 0.15) is 0 Å². The predicted molar refractivity (Wildman–Crippen MR) is 75.4 cm³/mol. The summed E-state index contributed by atoms with van der Waals surface area (Å²) in [7, 11) is 2.16. The Morgan fingerprint density at radius 3 is 2.39 bits per heavy atom. The van der Waals surface area contributed by atoms with E-state index >= 15 is 0 Å². The summed E-state index contributed by atoms with van der Waals surface area (Å²) >= 11 is 0. The van der Waals surface area contributed by atoms with Crippen molar-refractivity contribution >= 4 is 0 Å². The quantitative estimate of drug-likeness (QED) is 0.834. The molecule has 2 rings (SSSR count). The number of benzene rings is 1. The molecule has 0 spiro atoms. The molecule has 18 heavy (non-hydrogen) atoms. The lowest BCUT2D eigenvalue weighted by Crippen LogP contribution is -2.43. The summed E-state index contributed by atoms with van der Waals surface area (Å²) in [5.41, 5.74) is 1.03. The number of aliphatic hydroxyl groups excluding tert-OH is 1. The van der Waals surface area contributed by atoms with Crippen molar-refractivity contribution in [1.29, 1.82) is 0 Å². The largest absolute Gasteiger partial charge is 0.387 e. The number of nitrogens with zero attached hydrogens (tertiary/aromatic N) is 1. The lowest BCUT2D eigenvalue weighted by atomic mass is 9.97. The van der Waals surface area contributed by atoms with Crippen LogP contribution < -0.4 is 0 Å². The second-order valence-corrected chi connectivity index (χ2v) is 5.57. The van der Waals surface area contributed by atoms with Gasteiger partial charge in [-0.25, -0.2) is 0 Å². The van der Waals surface area contributed by atoms with E-state index in [4.69, 9.17) is 0 Å². The van der Waals surface area contributed by atoms with E-state index in [1.807, 2.05) is 30.3 Å². The highest BCUT2D eigenvalue weighted by atomic mass is 16.3. The van der Waals surface area contributed by atoms with Crippen molar-refractivity contribution in [2.24, 2.45) is 5.92 Å². The minimum atomic E-state index is -0.387. The van der Waals surface area contributed by atoms with Gasteiger partial charge in [0.2, 0.25) is 0 Å². The highest BCUT2D eigenvalue weighted by Crippen LogP contribution is 2.37. The average Bonchev–Trinajstić information content (AvgIpc) is 3.23. The number of hydrogen-bond acceptors (Lipinski definition) is 2. The van der Waals surface area contributed by atoms with Gasteiger partial charge in [-0.15, -0.1) is 0 Å². The molecule has 1 aromatic rings. The number of hydrogen-bond donors (Lipinski definition) is 1. The van der Waals surface area contributed by atoms with Gasteiger partial charge in [-0.1, -0.05) is 37.3 Å². The Bertz CT molecular complexity index is 361. The van der Waals surface area contributed by atoms with Crippen molar-refractivity contribution < 1.29 is 5.11 Å². The maximum atomic E-state index is 10.6. The first-order valence-corrected chi connectivity index (χ1v) is 7.10. The fourth-order valence-electron chi connectivity index (χ4n) is 2.82. The van der Waals surface area contributed by atoms with Crippen LogP contribution in [0.2, 0.25) is 0 Å². The van der Waals surface area contributed by atoms with E-state index in [-0.39, 0.29) is 12.1 Å². The van der Waals surface area contributed by atoms with Gasteiger partial charge in [-0.2, -0.15) is 0 Å². The van der Waals surface area contributed by atoms with Gasteiger partial charge in [-0.05, 0) is 44.7 Å². The van der Waals surface area contributed by atoms with Crippen LogP contribution in [0.4, 0.5) is 0 Å². The van der Waals surface area contributed by atoms with Crippen LogP contribution in [0.1, 0.15) is 44.8 Å². The van der Waals surface area contributed by atoms with E-state index < -0.39 is 0 Å². The average molecular weight is 247 g/mol. The summed E-state index contributed by atoms with van der Waals surface area (Å²) in [6, 6.07) is 10.8. The van der Waals surface area contributed by atoms with Gasteiger partial charge in [0.15, 0.2) is 0 Å². The summed E-state index contributed by atoms with van der Waals surface area (Å²) in [4.78, 5) is 2.37. The maximum absolute atomic E-state index is 10.6. The standard InChI is InChI=1S/C16H25NO/c1-4-15(17(3)12(2)13-10-11-13)16(18)14-8-6-5-7-9-14/h5-9,12-13,15-16,18H,4,10-11H2,1-3H3. The molecule has 1 N–H and O–H groups in total. The second kappa shape index (κ2) is 5.85. The molecule has 0 aliphatic heterocycles. The summed E-state index contributed by atoms with van der Waals surface area (Å²) in [5, 5.41) is 10.6. The molecule has 1 saturated carbocycles. The van der Waals surface area contributed by atoms with E-state index in [2.05, 4.69) is 25.8 Å². The minimum Gasteiger partial charge on any atom is -0.387 e. The summed E-state index contributed by atoms with van der Waals surface area (Å²) in [5.74, 6) is 0.840. The van der Waals surface area contributed by atoms with Crippen LogP contribution in [0.3, 0.4) is 0 Å². The van der Waals surface area contributed by atoms with E-state index in [1.54, 1.807) is 0 Å². The normalized spacial score (nSPS) is 20.7. The van der Waals surface area contributed by atoms with Crippen LogP contribution in [0.5, 0.6) is 0 Å². The smallest absolute Gasteiger partial charge is 0.0945 e. The zero-order chi connectivity index (χ0) is 13.1. The van der Waals surface area contributed by atoms with Crippen LogP contribution in [0, 0.1) is 5.92 Å². The molecule has 0 aromatic heterocycles. The molecule has 0 amide bonds. The molecule has 1 aliphatic rings. The van der Waals surface area contributed by atoms with Crippen LogP contribution in [0.25, 0.3) is 0 Å². The third-order valence-electron chi connectivity index (χ3n) is 4.39. The highest BCUT2D eigenvalue weighted by molar-refractivity contribution is 5.19. The molecule has 1 aromatic carbocycles. The van der Waals surface area contributed by atoms with Gasteiger partial charge < -0.3 is 5.11 Å². The Kier molecular flexibility index (Phi) is 4.41. The molecule has 1 aliphatic carbocycles. The Morgan fingerprint density at radius 1 is 1.28 bits per heavy atom. The predicted octanol–water partition coefficient (Wildman–Crippen LogP) is 3.23. The zero-order valence-electron chi connectivity index (χ0n) is 11.7. The number of rotatable bonds is 6. The molecular formula is C16H25NO. The molecule has 2 heteroatoms. The van der Waals surface area contributed by atoms with Crippen LogP contribution >= 0.6 is 0 Å². The third-order valence-corrected chi connectivity index (χ3v) is 4.39. The lowest BCUT2D eigenvalue weighted by Gasteiger charge is -2.36. The van der Waals surface area contributed by atoms with E-state index in [9.17, 15) is 5.11 Å². The number of likely N-dealkylation sites (N-methyl/N-ethyl adjacent to an activating group) is 1. The van der Waals surface area contributed by atoms with Gasteiger partial charge in [0, 0.05) is 12.1 Å². The van der Waals surface area contributed by atoms with Crippen molar-refractivity contribution in [3.63, 3.8) is 0 Å². The summed E-state index contributed by atoms with van der Waals surface area (Å²) in [6.45, 7) is 4.45. The molecule has 3 atom stereocenters. The molecule has 0 saturated heterocycles. The van der Waals surface area contributed by atoms with Crippen LogP contribution in [0.15, 0.2) is 30.3 Å². The lowest BCUT2D eigenvalue weighted by molar-refractivity contribution is 0.0359. The van der Waals surface area contributed by atoms with Gasteiger partial charge in [0.05, 0.1) is 6.10 Å². The third kappa shape index (κ3) is 2.93. The molecule has 1 fully saturated rings. The molecule has 2 nitrogen and oxygen atoms in total. The molecule has 0 bridgehead atoms. The van der Waals surface area contributed by atoms with Gasteiger partial charge in [-0.3, -0.25) is 4.90 Å². The van der Waals surface area contributed by atoms with E-state index in [0.717, 1.165) is 17.9 Å². The van der Waals surface area contributed by atoms with Gasteiger partial charge >= 0.3 is 0 Å². The Labute approximate surface area is 111 Å². The Balaban J connectivity index is 2.07. The summed E-state index contributed by atoms with van der Waals surface area (Å²) in [6.07, 6.45) is 3.29. The highest BCUT2D eigenvalue weighted by Gasteiger charge is 2.35. The minimum absolute atomic E-state index is 0.211. The van der Waals surface area contributed by atoms with E-state index in [1.165, 1.54) is 12.8 Å². The molecule has 3 unspecified atom stereocenters. The Morgan fingerprint density at radius 2 is 1.89 bits per heavy atom. The van der Waals surface area contributed by atoms with Crippen molar-refractivity contribution in [1.82, 2.24) is 4.90 Å². The van der Waals surface area contributed by atoms with Crippen LogP contribution in [-0.2, 0) is 0 Å². The first kappa shape index (κ1) is 13.6. The number of aliphatic hydroxyl groups is 1. The fourth-order valence-corrected chi connectivity index (χ4v) is 2.82. The zero-order valence-corrected chi connectivity index (χ0v) is 11.7. The maximum Gasteiger partial charge on any atom is 0.0945 e. The molecule has 0 heterocycles. The van der Waals surface area contributed by atoms with E-state index in [0.29, 0.717) is 6.04 Å². The second-order valence-electron chi connectivity index (χ2n) is 5.57. The first-order valence-electron chi connectivity index (χ1n) is 7.10. The monoisotopic (exact) mass is 247 g/mol. The Hall–Kier alpha value is -0.860. The molecule has 100 valence electrons. The molecule has 0 radical (unpaired) electrons. The van der Waals surface area contributed by atoms with Crippen molar-refractivity contribution in [2.45, 2.75) is 51.3 Å². The fraction of sp³-hybridized carbons (Fsp3) is 0.625. The topological polar surface area (TPSA) is 23.5 Å². The van der Waals surface area contributed by atoms with Crippen molar-refractivity contribution in [3.05, 3.63) is 35.9 Å². The SMILES string of the molecule is CCC(C(O)c1ccccc1)N(C)C(C)C1CC1. The summed E-state index contributed by atoms with van der Waals surface area (Å²) < 4.78 is 0. The van der Waals surface area contributed by atoms with Crippen LogP contribution in [-0.4, -0.2) is 29.1 Å². The molecular weight excluding hydrogens is 222 g/mol. The first-order chi connectivity index (χ1) is 8.65.